The molecular formula is C22H31NO2. The highest BCUT2D eigenvalue weighted by Gasteiger charge is 2.08. The summed E-state index contributed by atoms with van der Waals surface area (Å²) in [6.07, 6.45) is 19.2. The quantitative estimate of drug-likeness (QED) is 0.248. The van der Waals surface area contributed by atoms with Crippen LogP contribution in [-0.2, 0) is 9.53 Å². The molecule has 0 N–H and O–H groups in total. The summed E-state index contributed by atoms with van der Waals surface area (Å²) in [4.78, 5) is 13.9. The second kappa shape index (κ2) is 14.0. The zero-order valence-corrected chi connectivity index (χ0v) is 16.2. The van der Waals surface area contributed by atoms with E-state index in [-0.39, 0.29) is 5.91 Å². The third-order valence-corrected chi connectivity index (χ3v) is 3.03. The summed E-state index contributed by atoms with van der Waals surface area (Å²) in [6.45, 7) is 10.5. The van der Waals surface area contributed by atoms with E-state index in [1.165, 1.54) is 0 Å². The third-order valence-electron chi connectivity index (χ3n) is 3.03. The van der Waals surface area contributed by atoms with Gasteiger partial charge in [-0.05, 0) is 44.1 Å². The fourth-order valence-electron chi connectivity index (χ4n) is 1.88. The highest BCUT2D eigenvalue weighted by molar-refractivity contribution is 5.96. The molecule has 0 saturated carbocycles. The SMILES string of the molecule is C=CCOC\C(C)=C\C(=C/C=C/C(/C=C\C)=C/C=C/C)C(=O)N(C)C. The van der Waals surface area contributed by atoms with E-state index in [0.717, 1.165) is 11.1 Å². The summed E-state index contributed by atoms with van der Waals surface area (Å²) < 4.78 is 5.42. The Morgan fingerprint density at radius 2 is 1.80 bits per heavy atom. The van der Waals surface area contributed by atoms with Crippen LogP contribution < -0.4 is 0 Å². The van der Waals surface area contributed by atoms with E-state index in [1.807, 2.05) is 75.5 Å². The number of carbonyl (C=O) groups is 1. The number of amides is 1. The van der Waals surface area contributed by atoms with Crippen molar-refractivity contribution in [1.29, 1.82) is 0 Å². The second-order valence-corrected chi connectivity index (χ2v) is 5.67. The maximum Gasteiger partial charge on any atom is 0.253 e. The van der Waals surface area contributed by atoms with Gasteiger partial charge < -0.3 is 9.64 Å². The summed E-state index contributed by atoms with van der Waals surface area (Å²) in [6, 6.07) is 0. The van der Waals surface area contributed by atoms with Crippen molar-refractivity contribution in [3.05, 3.63) is 84.1 Å². The van der Waals surface area contributed by atoms with E-state index >= 15 is 0 Å². The predicted octanol–water partition coefficient (Wildman–Crippen LogP) is 4.78. The Labute approximate surface area is 153 Å². The van der Waals surface area contributed by atoms with E-state index in [2.05, 4.69) is 6.58 Å². The minimum Gasteiger partial charge on any atom is -0.373 e. The predicted molar refractivity (Wildman–Crippen MR) is 108 cm³/mol. The molecule has 0 radical (unpaired) electrons. The zero-order chi connectivity index (χ0) is 19.1. The van der Waals surface area contributed by atoms with E-state index < -0.39 is 0 Å². The Hall–Kier alpha value is -2.39. The first kappa shape index (κ1) is 22.6. The van der Waals surface area contributed by atoms with Crippen LogP contribution in [0.1, 0.15) is 20.8 Å². The number of likely N-dealkylation sites (N-methyl/N-ethyl adjacent to an activating group) is 1. The normalized spacial score (nSPS) is 14.0. The van der Waals surface area contributed by atoms with E-state index in [0.29, 0.717) is 18.8 Å². The van der Waals surface area contributed by atoms with Gasteiger partial charge in [-0.2, -0.15) is 0 Å². The molecule has 0 rings (SSSR count). The molecule has 0 atom stereocenters. The molecule has 136 valence electrons. The lowest BCUT2D eigenvalue weighted by molar-refractivity contribution is -0.124. The van der Waals surface area contributed by atoms with Gasteiger partial charge in [0.25, 0.3) is 5.91 Å². The first-order valence-corrected chi connectivity index (χ1v) is 8.37. The molecular weight excluding hydrogens is 310 g/mol. The van der Waals surface area contributed by atoms with Crippen LogP contribution in [0, 0.1) is 0 Å². The third kappa shape index (κ3) is 10.9. The lowest BCUT2D eigenvalue weighted by atomic mass is 10.1. The van der Waals surface area contributed by atoms with E-state index in [9.17, 15) is 4.79 Å². The molecule has 0 aromatic heterocycles. The van der Waals surface area contributed by atoms with Gasteiger partial charge >= 0.3 is 0 Å². The van der Waals surface area contributed by atoms with Crippen LogP contribution in [0.4, 0.5) is 0 Å². The number of hydrogen-bond donors (Lipinski definition) is 0. The van der Waals surface area contributed by atoms with Gasteiger partial charge in [0.15, 0.2) is 0 Å². The molecule has 0 aliphatic heterocycles. The topological polar surface area (TPSA) is 29.5 Å². The highest BCUT2D eigenvalue weighted by atomic mass is 16.5. The van der Waals surface area contributed by atoms with Crippen molar-refractivity contribution in [2.75, 3.05) is 27.3 Å². The summed E-state index contributed by atoms with van der Waals surface area (Å²) in [5.74, 6) is -0.0438. The maximum atomic E-state index is 12.4. The van der Waals surface area contributed by atoms with Crippen LogP contribution in [0.25, 0.3) is 0 Å². The molecule has 3 nitrogen and oxygen atoms in total. The Morgan fingerprint density at radius 3 is 2.36 bits per heavy atom. The van der Waals surface area contributed by atoms with Crippen molar-refractivity contribution in [3.63, 3.8) is 0 Å². The van der Waals surface area contributed by atoms with Gasteiger partial charge in [0, 0.05) is 19.7 Å². The number of hydrogen-bond acceptors (Lipinski definition) is 2. The van der Waals surface area contributed by atoms with Crippen LogP contribution in [0.2, 0.25) is 0 Å². The molecule has 0 spiro atoms. The van der Waals surface area contributed by atoms with Crippen molar-refractivity contribution in [2.24, 2.45) is 0 Å². The molecule has 0 aromatic rings. The minimum atomic E-state index is -0.0438. The molecule has 0 heterocycles. The fourth-order valence-corrected chi connectivity index (χ4v) is 1.88. The van der Waals surface area contributed by atoms with Crippen LogP contribution in [-0.4, -0.2) is 38.1 Å². The number of nitrogens with zero attached hydrogens (tertiary/aromatic N) is 1. The fraction of sp³-hybridized carbons (Fsp3) is 0.318. The van der Waals surface area contributed by atoms with Crippen LogP contribution in [0.5, 0.6) is 0 Å². The Kier molecular flexibility index (Phi) is 12.7. The molecule has 0 bridgehead atoms. The van der Waals surface area contributed by atoms with Crippen molar-refractivity contribution in [2.45, 2.75) is 20.8 Å². The Morgan fingerprint density at radius 1 is 1.08 bits per heavy atom. The highest BCUT2D eigenvalue weighted by Crippen LogP contribution is 2.08. The average Bonchev–Trinajstić information content (AvgIpc) is 2.58. The van der Waals surface area contributed by atoms with Crippen molar-refractivity contribution < 1.29 is 9.53 Å². The molecule has 1 amide bonds. The van der Waals surface area contributed by atoms with Gasteiger partial charge in [-0.1, -0.05) is 48.6 Å². The van der Waals surface area contributed by atoms with Crippen LogP contribution >= 0.6 is 0 Å². The lowest BCUT2D eigenvalue weighted by Gasteiger charge is -2.11. The van der Waals surface area contributed by atoms with Gasteiger partial charge in [-0.15, -0.1) is 6.58 Å². The molecule has 0 aromatic carbocycles. The summed E-state index contributed by atoms with van der Waals surface area (Å²) >= 11 is 0. The minimum absolute atomic E-state index is 0.0438. The molecule has 0 aliphatic carbocycles. The molecule has 0 unspecified atom stereocenters. The van der Waals surface area contributed by atoms with E-state index in [4.69, 9.17) is 4.74 Å². The monoisotopic (exact) mass is 341 g/mol. The molecule has 0 fully saturated rings. The van der Waals surface area contributed by atoms with Crippen LogP contribution in [0.15, 0.2) is 84.1 Å². The molecule has 0 saturated heterocycles. The van der Waals surface area contributed by atoms with Gasteiger partial charge in [0.2, 0.25) is 0 Å². The van der Waals surface area contributed by atoms with Gasteiger partial charge in [0.1, 0.15) is 0 Å². The number of carbonyl (C=O) groups excluding carboxylic acids is 1. The summed E-state index contributed by atoms with van der Waals surface area (Å²) in [5, 5.41) is 0. The smallest absolute Gasteiger partial charge is 0.253 e. The maximum absolute atomic E-state index is 12.4. The number of rotatable bonds is 10. The van der Waals surface area contributed by atoms with Gasteiger partial charge in [-0.25, -0.2) is 0 Å². The van der Waals surface area contributed by atoms with E-state index in [1.54, 1.807) is 25.1 Å². The van der Waals surface area contributed by atoms with Gasteiger partial charge in [0.05, 0.1) is 13.2 Å². The first-order chi connectivity index (χ1) is 12.0. The Balaban J connectivity index is 5.42. The summed E-state index contributed by atoms with van der Waals surface area (Å²) in [7, 11) is 3.49. The van der Waals surface area contributed by atoms with Crippen molar-refractivity contribution >= 4 is 5.91 Å². The largest absolute Gasteiger partial charge is 0.373 e. The second-order valence-electron chi connectivity index (χ2n) is 5.67. The lowest BCUT2D eigenvalue weighted by Crippen LogP contribution is -2.23. The number of allylic oxidation sites excluding steroid dienone is 9. The van der Waals surface area contributed by atoms with Crippen LogP contribution in [0.3, 0.4) is 0 Å². The van der Waals surface area contributed by atoms with Crippen molar-refractivity contribution in [1.82, 2.24) is 4.90 Å². The standard InChI is InChI=1S/C22H31NO2/c1-7-10-13-20(12-8-2)14-11-15-21(22(24)23(5)6)17-19(4)18-25-16-9-3/h7-15,17H,3,16,18H2,1-2,4-6H3/b10-7+,12-8-,14-11+,19-17+,20-13+,21-15+. The van der Waals surface area contributed by atoms with Crippen molar-refractivity contribution in [3.8, 4) is 0 Å². The molecule has 3 heteroatoms. The summed E-state index contributed by atoms with van der Waals surface area (Å²) in [5.41, 5.74) is 2.66. The first-order valence-electron chi connectivity index (χ1n) is 8.37. The van der Waals surface area contributed by atoms with Gasteiger partial charge in [-0.3, -0.25) is 4.79 Å². The number of ether oxygens (including phenoxy) is 1. The Bertz CT molecular complexity index is 600. The molecule has 25 heavy (non-hydrogen) atoms. The zero-order valence-electron chi connectivity index (χ0n) is 16.2. The average molecular weight is 341 g/mol. The molecule has 0 aliphatic rings.